The molecule has 21 heavy (non-hydrogen) atoms. The van der Waals surface area contributed by atoms with Gasteiger partial charge in [-0.15, -0.1) is 11.3 Å². The highest BCUT2D eigenvalue weighted by atomic mass is 79.9. The van der Waals surface area contributed by atoms with E-state index in [1.807, 2.05) is 24.0 Å². The summed E-state index contributed by atoms with van der Waals surface area (Å²) in [6.07, 6.45) is 3.09. The van der Waals surface area contributed by atoms with E-state index in [0.29, 0.717) is 6.54 Å². The quantitative estimate of drug-likeness (QED) is 0.755. The van der Waals surface area contributed by atoms with E-state index in [1.54, 1.807) is 0 Å². The van der Waals surface area contributed by atoms with Crippen LogP contribution in [0.3, 0.4) is 0 Å². The van der Waals surface area contributed by atoms with E-state index in [9.17, 15) is 4.79 Å². The highest BCUT2D eigenvalue weighted by molar-refractivity contribution is 9.11. The highest BCUT2D eigenvalue weighted by Crippen LogP contribution is 2.29. The second-order valence-corrected chi connectivity index (χ2v) is 7.53. The average Bonchev–Trinajstić information content (AvgIpc) is 2.87. The summed E-state index contributed by atoms with van der Waals surface area (Å²) < 4.78 is 1.04. The molecule has 1 aliphatic heterocycles. The molecule has 1 amide bonds. The van der Waals surface area contributed by atoms with E-state index in [1.165, 1.54) is 22.5 Å². The minimum Gasteiger partial charge on any atom is -0.334 e. The zero-order valence-corrected chi connectivity index (χ0v) is 14.2. The molecule has 2 aromatic rings. The van der Waals surface area contributed by atoms with Crippen LogP contribution in [0.1, 0.15) is 27.2 Å². The third-order valence-electron chi connectivity index (χ3n) is 3.71. The molecule has 0 N–H and O–H groups in total. The molecule has 0 saturated heterocycles. The van der Waals surface area contributed by atoms with Crippen molar-refractivity contribution >= 4 is 38.7 Å². The minimum absolute atomic E-state index is 0.136. The molecule has 2 nitrogen and oxygen atoms in total. The molecule has 0 fully saturated rings. The maximum Gasteiger partial charge on any atom is 0.264 e. The van der Waals surface area contributed by atoms with Crippen LogP contribution in [-0.2, 0) is 0 Å². The fourth-order valence-corrected chi connectivity index (χ4v) is 3.99. The molecule has 0 bridgehead atoms. The molecular formula is C17H16BrNOS. The number of hydrogen-bond donors (Lipinski definition) is 0. The number of aryl methyl sites for hydroxylation is 1. The van der Waals surface area contributed by atoms with E-state index in [2.05, 4.69) is 46.3 Å². The van der Waals surface area contributed by atoms with Gasteiger partial charge in [0.2, 0.25) is 0 Å². The van der Waals surface area contributed by atoms with Crippen LogP contribution in [0.4, 0.5) is 0 Å². The van der Waals surface area contributed by atoms with Gasteiger partial charge in [0, 0.05) is 13.1 Å². The van der Waals surface area contributed by atoms with Gasteiger partial charge in [-0.25, -0.2) is 0 Å². The van der Waals surface area contributed by atoms with Gasteiger partial charge in [0.25, 0.3) is 5.91 Å². The molecule has 2 heterocycles. The predicted octanol–water partition coefficient (Wildman–Crippen LogP) is 4.75. The number of amides is 1. The number of rotatable bonds is 2. The van der Waals surface area contributed by atoms with E-state index in [0.717, 1.165) is 27.2 Å². The lowest BCUT2D eigenvalue weighted by molar-refractivity contribution is 0.0777. The molecule has 4 heteroatoms. The molecule has 0 aliphatic carbocycles. The Balaban J connectivity index is 1.73. The second-order valence-electron chi connectivity index (χ2n) is 5.16. The average molecular weight is 362 g/mol. The molecule has 0 spiro atoms. The Bertz CT molecular complexity index is 671. The molecule has 0 saturated carbocycles. The van der Waals surface area contributed by atoms with Crippen molar-refractivity contribution in [1.29, 1.82) is 0 Å². The Morgan fingerprint density at radius 2 is 2.05 bits per heavy atom. The molecular weight excluding hydrogens is 346 g/mol. The second kappa shape index (κ2) is 6.16. The van der Waals surface area contributed by atoms with Gasteiger partial charge >= 0.3 is 0 Å². The van der Waals surface area contributed by atoms with Crippen molar-refractivity contribution in [2.45, 2.75) is 13.3 Å². The van der Waals surface area contributed by atoms with Gasteiger partial charge in [0.15, 0.2) is 0 Å². The maximum absolute atomic E-state index is 12.5. The van der Waals surface area contributed by atoms with Crippen LogP contribution in [0.15, 0.2) is 46.3 Å². The lowest BCUT2D eigenvalue weighted by Gasteiger charge is -2.26. The molecule has 0 radical (unpaired) electrons. The summed E-state index contributed by atoms with van der Waals surface area (Å²) in [6.45, 7) is 3.49. The zero-order valence-electron chi connectivity index (χ0n) is 11.8. The van der Waals surface area contributed by atoms with Gasteiger partial charge in [-0.1, -0.05) is 36.4 Å². The summed E-state index contributed by atoms with van der Waals surface area (Å²) in [6, 6.07) is 12.4. The Hall–Kier alpha value is -1.39. The summed E-state index contributed by atoms with van der Waals surface area (Å²) in [5.41, 5.74) is 3.73. The van der Waals surface area contributed by atoms with Gasteiger partial charge < -0.3 is 4.90 Å². The minimum atomic E-state index is 0.136. The summed E-state index contributed by atoms with van der Waals surface area (Å²) in [5, 5.41) is 0. The van der Waals surface area contributed by atoms with Crippen LogP contribution in [0.25, 0.3) is 5.57 Å². The largest absolute Gasteiger partial charge is 0.334 e. The zero-order chi connectivity index (χ0) is 14.8. The highest BCUT2D eigenvalue weighted by Gasteiger charge is 2.21. The lowest BCUT2D eigenvalue weighted by Crippen LogP contribution is -2.34. The Morgan fingerprint density at radius 3 is 2.62 bits per heavy atom. The Morgan fingerprint density at radius 1 is 1.29 bits per heavy atom. The molecule has 1 aliphatic rings. The van der Waals surface area contributed by atoms with Crippen LogP contribution < -0.4 is 0 Å². The molecule has 0 unspecified atom stereocenters. The van der Waals surface area contributed by atoms with Gasteiger partial charge in [-0.2, -0.15) is 0 Å². The third kappa shape index (κ3) is 3.11. The van der Waals surface area contributed by atoms with E-state index >= 15 is 0 Å². The van der Waals surface area contributed by atoms with Crippen molar-refractivity contribution in [3.05, 3.63) is 62.3 Å². The standard InChI is InChI=1S/C17H16BrNOS/c1-12-11-15(21-16(12)18)17(20)19-9-7-14(8-10-19)13-5-3-2-4-6-13/h2-7,11H,8-10H2,1H3. The number of carbonyl (C=O) groups excluding carboxylic acids is 1. The van der Waals surface area contributed by atoms with Gasteiger partial charge in [-0.3, -0.25) is 4.79 Å². The van der Waals surface area contributed by atoms with Crippen molar-refractivity contribution in [2.24, 2.45) is 0 Å². The molecule has 1 aromatic heterocycles. The first kappa shape index (κ1) is 14.5. The monoisotopic (exact) mass is 361 g/mol. The number of carbonyl (C=O) groups is 1. The first-order valence-electron chi connectivity index (χ1n) is 6.95. The van der Waals surface area contributed by atoms with Crippen molar-refractivity contribution in [1.82, 2.24) is 4.90 Å². The molecule has 0 atom stereocenters. The van der Waals surface area contributed by atoms with Gasteiger partial charge in [-0.05, 0) is 52.0 Å². The summed E-state index contributed by atoms with van der Waals surface area (Å²) in [4.78, 5) is 15.2. The third-order valence-corrected chi connectivity index (χ3v) is 5.83. The maximum atomic E-state index is 12.5. The number of halogens is 1. The van der Waals surface area contributed by atoms with Crippen molar-refractivity contribution in [2.75, 3.05) is 13.1 Å². The normalized spacial score (nSPS) is 15.0. The molecule has 1 aromatic carbocycles. The SMILES string of the molecule is Cc1cc(C(=O)N2CC=C(c3ccccc3)CC2)sc1Br. The predicted molar refractivity (Wildman–Crippen MR) is 91.7 cm³/mol. The number of hydrogen-bond acceptors (Lipinski definition) is 2. The van der Waals surface area contributed by atoms with E-state index in [-0.39, 0.29) is 5.91 Å². The van der Waals surface area contributed by atoms with E-state index in [4.69, 9.17) is 0 Å². The van der Waals surface area contributed by atoms with Gasteiger partial charge in [0.05, 0.1) is 8.66 Å². The van der Waals surface area contributed by atoms with Crippen molar-refractivity contribution in [3.8, 4) is 0 Å². The topological polar surface area (TPSA) is 20.3 Å². The number of benzene rings is 1. The van der Waals surface area contributed by atoms with Crippen LogP contribution >= 0.6 is 27.3 Å². The van der Waals surface area contributed by atoms with Crippen LogP contribution in [0, 0.1) is 6.92 Å². The van der Waals surface area contributed by atoms with Gasteiger partial charge in [0.1, 0.15) is 0 Å². The van der Waals surface area contributed by atoms with Crippen LogP contribution in [0.5, 0.6) is 0 Å². The smallest absolute Gasteiger partial charge is 0.264 e. The van der Waals surface area contributed by atoms with Crippen LogP contribution in [-0.4, -0.2) is 23.9 Å². The Kier molecular flexibility index (Phi) is 4.27. The van der Waals surface area contributed by atoms with Crippen molar-refractivity contribution in [3.63, 3.8) is 0 Å². The fraction of sp³-hybridized carbons (Fsp3) is 0.235. The van der Waals surface area contributed by atoms with Crippen LogP contribution in [0.2, 0.25) is 0 Å². The Labute approximate surface area is 137 Å². The number of thiophene rings is 1. The van der Waals surface area contributed by atoms with Crippen molar-refractivity contribution < 1.29 is 4.79 Å². The summed E-state index contributed by atoms with van der Waals surface area (Å²) >= 11 is 5.00. The first-order chi connectivity index (χ1) is 10.1. The summed E-state index contributed by atoms with van der Waals surface area (Å²) in [7, 11) is 0. The molecule has 108 valence electrons. The summed E-state index contributed by atoms with van der Waals surface area (Å²) in [5.74, 6) is 0.136. The molecule has 3 rings (SSSR count). The van der Waals surface area contributed by atoms with E-state index < -0.39 is 0 Å². The number of nitrogens with zero attached hydrogens (tertiary/aromatic N) is 1. The first-order valence-corrected chi connectivity index (χ1v) is 8.56. The fourth-order valence-electron chi connectivity index (χ4n) is 2.49. The lowest BCUT2D eigenvalue weighted by atomic mass is 9.99.